The standard InChI is InChI=1S/C9H17N2/c1-4-5-6-11-7-9(2)10(3)8-11/h7-8H,4-6H2,1-3H3/q+1. The Morgan fingerprint density at radius 3 is 2.73 bits per heavy atom. The van der Waals surface area contributed by atoms with E-state index in [1.54, 1.807) is 0 Å². The van der Waals surface area contributed by atoms with Gasteiger partial charge >= 0.3 is 0 Å². The van der Waals surface area contributed by atoms with Crippen LogP contribution in [0.1, 0.15) is 25.5 Å². The zero-order valence-corrected chi connectivity index (χ0v) is 7.67. The summed E-state index contributed by atoms with van der Waals surface area (Å²) < 4.78 is 4.40. The van der Waals surface area contributed by atoms with Crippen molar-refractivity contribution in [3.8, 4) is 0 Å². The van der Waals surface area contributed by atoms with E-state index >= 15 is 0 Å². The fraction of sp³-hybridized carbons (Fsp3) is 0.667. The lowest BCUT2D eigenvalue weighted by Crippen LogP contribution is -2.28. The Morgan fingerprint density at radius 2 is 2.27 bits per heavy atom. The van der Waals surface area contributed by atoms with E-state index in [1.165, 1.54) is 18.5 Å². The van der Waals surface area contributed by atoms with E-state index in [1.807, 2.05) is 0 Å². The summed E-state index contributed by atoms with van der Waals surface area (Å²) in [5, 5.41) is 0. The number of rotatable bonds is 3. The largest absolute Gasteiger partial charge is 0.243 e. The van der Waals surface area contributed by atoms with E-state index in [2.05, 4.69) is 42.6 Å². The van der Waals surface area contributed by atoms with Crippen molar-refractivity contribution in [1.29, 1.82) is 0 Å². The first kappa shape index (κ1) is 8.31. The number of imidazole rings is 1. The van der Waals surface area contributed by atoms with Crippen molar-refractivity contribution in [2.24, 2.45) is 7.05 Å². The Hall–Kier alpha value is -0.790. The highest BCUT2D eigenvalue weighted by Gasteiger charge is 2.03. The quantitative estimate of drug-likeness (QED) is 0.581. The average Bonchev–Trinajstić information content (AvgIpc) is 2.28. The summed E-state index contributed by atoms with van der Waals surface area (Å²) in [6.45, 7) is 5.50. The summed E-state index contributed by atoms with van der Waals surface area (Å²) in [6, 6.07) is 0. The van der Waals surface area contributed by atoms with E-state index in [-0.39, 0.29) is 0 Å². The number of nitrogens with zero attached hydrogens (tertiary/aromatic N) is 2. The molecule has 11 heavy (non-hydrogen) atoms. The normalized spacial score (nSPS) is 10.5. The molecule has 0 aliphatic rings. The SMILES string of the molecule is CCCCn1cc(C)[n+](C)c1. The van der Waals surface area contributed by atoms with Gasteiger partial charge in [-0.1, -0.05) is 13.3 Å². The second kappa shape index (κ2) is 3.56. The van der Waals surface area contributed by atoms with Crippen molar-refractivity contribution < 1.29 is 4.57 Å². The molecule has 0 aromatic carbocycles. The molecule has 0 saturated heterocycles. The predicted octanol–water partition coefficient (Wildman–Crippen LogP) is 1.42. The molecular weight excluding hydrogens is 136 g/mol. The van der Waals surface area contributed by atoms with E-state index in [9.17, 15) is 0 Å². The van der Waals surface area contributed by atoms with Crippen molar-refractivity contribution in [2.75, 3.05) is 0 Å². The lowest BCUT2D eigenvalue weighted by molar-refractivity contribution is -0.677. The van der Waals surface area contributed by atoms with Gasteiger partial charge in [0.25, 0.3) is 0 Å². The Bertz CT molecular complexity index is 206. The Labute approximate surface area is 68.5 Å². The summed E-state index contributed by atoms with van der Waals surface area (Å²) in [5.74, 6) is 0. The van der Waals surface area contributed by atoms with Gasteiger partial charge in [0.05, 0.1) is 13.6 Å². The minimum absolute atomic E-state index is 1.15. The Balaban J connectivity index is 2.58. The van der Waals surface area contributed by atoms with Crippen LogP contribution in [-0.4, -0.2) is 4.57 Å². The molecule has 1 heterocycles. The summed E-state index contributed by atoms with van der Waals surface area (Å²) in [7, 11) is 2.08. The highest BCUT2D eigenvalue weighted by molar-refractivity contribution is 4.83. The fourth-order valence-electron chi connectivity index (χ4n) is 1.14. The first-order valence-electron chi connectivity index (χ1n) is 4.26. The second-order valence-corrected chi connectivity index (χ2v) is 3.09. The lowest BCUT2D eigenvalue weighted by atomic mass is 10.3. The van der Waals surface area contributed by atoms with Gasteiger partial charge in [-0.05, 0) is 6.42 Å². The molecule has 1 aromatic rings. The molecule has 2 nitrogen and oxygen atoms in total. The van der Waals surface area contributed by atoms with Crippen molar-refractivity contribution in [2.45, 2.75) is 33.2 Å². The third-order valence-electron chi connectivity index (χ3n) is 2.00. The monoisotopic (exact) mass is 153 g/mol. The molecule has 62 valence electrons. The van der Waals surface area contributed by atoms with Crippen molar-refractivity contribution in [3.63, 3.8) is 0 Å². The number of unbranched alkanes of at least 4 members (excludes halogenated alkanes) is 1. The zero-order valence-electron chi connectivity index (χ0n) is 7.67. The van der Waals surface area contributed by atoms with Crippen molar-refractivity contribution >= 4 is 0 Å². The molecule has 0 radical (unpaired) electrons. The zero-order chi connectivity index (χ0) is 8.27. The van der Waals surface area contributed by atoms with E-state index in [4.69, 9.17) is 0 Å². The maximum Gasteiger partial charge on any atom is 0.243 e. The highest BCUT2D eigenvalue weighted by Crippen LogP contribution is 1.95. The molecular formula is C9H17N2+. The number of hydrogen-bond acceptors (Lipinski definition) is 0. The highest BCUT2D eigenvalue weighted by atomic mass is 15.1. The van der Waals surface area contributed by atoms with Gasteiger partial charge in [0, 0.05) is 6.92 Å². The van der Waals surface area contributed by atoms with Gasteiger partial charge in [-0.25, -0.2) is 9.13 Å². The van der Waals surface area contributed by atoms with Gasteiger partial charge in [-0.15, -0.1) is 0 Å². The predicted molar refractivity (Wildman–Crippen MR) is 45.3 cm³/mol. The molecule has 0 atom stereocenters. The molecule has 2 heteroatoms. The lowest BCUT2D eigenvalue weighted by Gasteiger charge is -1.90. The van der Waals surface area contributed by atoms with Crippen molar-refractivity contribution in [3.05, 3.63) is 18.2 Å². The van der Waals surface area contributed by atoms with E-state index in [0.29, 0.717) is 0 Å². The van der Waals surface area contributed by atoms with E-state index in [0.717, 1.165) is 6.54 Å². The van der Waals surface area contributed by atoms with Gasteiger partial charge in [0.2, 0.25) is 6.33 Å². The van der Waals surface area contributed by atoms with Gasteiger partial charge < -0.3 is 0 Å². The Kier molecular flexibility index (Phi) is 2.69. The molecule has 1 aromatic heterocycles. The van der Waals surface area contributed by atoms with Crippen LogP contribution in [0.3, 0.4) is 0 Å². The number of aromatic nitrogens is 2. The van der Waals surface area contributed by atoms with Crippen LogP contribution in [0, 0.1) is 6.92 Å². The van der Waals surface area contributed by atoms with Crippen LogP contribution < -0.4 is 4.57 Å². The van der Waals surface area contributed by atoms with Crippen LogP contribution >= 0.6 is 0 Å². The van der Waals surface area contributed by atoms with Crippen LogP contribution in [0.15, 0.2) is 12.5 Å². The number of hydrogen-bond donors (Lipinski definition) is 0. The smallest absolute Gasteiger partial charge is 0.237 e. The maximum absolute atomic E-state index is 2.25. The molecule has 0 amide bonds. The molecule has 0 bridgehead atoms. The summed E-state index contributed by atoms with van der Waals surface area (Å²) in [5.41, 5.74) is 1.32. The van der Waals surface area contributed by atoms with Gasteiger partial charge in [-0.2, -0.15) is 0 Å². The van der Waals surface area contributed by atoms with Crippen LogP contribution in [0.4, 0.5) is 0 Å². The van der Waals surface area contributed by atoms with Crippen molar-refractivity contribution in [1.82, 2.24) is 4.57 Å². The second-order valence-electron chi connectivity index (χ2n) is 3.09. The minimum atomic E-state index is 1.15. The molecule has 0 aliphatic carbocycles. The van der Waals surface area contributed by atoms with Gasteiger partial charge in [0.1, 0.15) is 11.9 Å². The molecule has 0 spiro atoms. The first-order valence-corrected chi connectivity index (χ1v) is 4.26. The Morgan fingerprint density at radius 1 is 1.55 bits per heavy atom. The topological polar surface area (TPSA) is 8.81 Å². The van der Waals surface area contributed by atoms with Crippen LogP contribution in [-0.2, 0) is 13.6 Å². The first-order chi connectivity index (χ1) is 5.24. The van der Waals surface area contributed by atoms with Gasteiger partial charge in [0.15, 0.2) is 0 Å². The van der Waals surface area contributed by atoms with Crippen LogP contribution in [0.25, 0.3) is 0 Å². The third kappa shape index (κ3) is 2.07. The molecule has 0 aliphatic heterocycles. The average molecular weight is 153 g/mol. The molecule has 0 fully saturated rings. The third-order valence-corrected chi connectivity index (χ3v) is 2.00. The van der Waals surface area contributed by atoms with E-state index < -0.39 is 0 Å². The molecule has 0 unspecified atom stereocenters. The van der Waals surface area contributed by atoms with Gasteiger partial charge in [-0.3, -0.25) is 0 Å². The molecule has 1 rings (SSSR count). The van der Waals surface area contributed by atoms with Crippen LogP contribution in [0.5, 0.6) is 0 Å². The summed E-state index contributed by atoms with van der Waals surface area (Å²) in [6.07, 6.45) is 6.87. The maximum atomic E-state index is 2.25. The molecule has 0 saturated carbocycles. The minimum Gasteiger partial charge on any atom is -0.237 e. The summed E-state index contributed by atoms with van der Waals surface area (Å²) in [4.78, 5) is 0. The van der Waals surface area contributed by atoms with Crippen LogP contribution in [0.2, 0.25) is 0 Å². The number of aryl methyl sites for hydroxylation is 3. The summed E-state index contributed by atoms with van der Waals surface area (Å²) >= 11 is 0. The fourth-order valence-corrected chi connectivity index (χ4v) is 1.14. The molecule has 0 N–H and O–H groups in total.